The number of aryl methyl sites for hydroxylation is 1. The first-order valence-electron chi connectivity index (χ1n) is 6.88. The van der Waals surface area contributed by atoms with Crippen molar-refractivity contribution in [2.45, 2.75) is 33.7 Å². The van der Waals surface area contributed by atoms with Gasteiger partial charge in [-0.1, -0.05) is 18.6 Å². The number of nitrogens with zero attached hydrogens (tertiary/aromatic N) is 3. The van der Waals surface area contributed by atoms with Gasteiger partial charge in [-0.05, 0) is 19.9 Å². The van der Waals surface area contributed by atoms with Gasteiger partial charge < -0.3 is 9.72 Å². The summed E-state index contributed by atoms with van der Waals surface area (Å²) in [6.45, 7) is 6.41. The van der Waals surface area contributed by atoms with Crippen LogP contribution in [-0.4, -0.2) is 26.9 Å². The Hall–Kier alpha value is -2.37. The van der Waals surface area contributed by atoms with Crippen LogP contribution in [0, 0.1) is 6.92 Å². The lowest BCUT2D eigenvalue weighted by molar-refractivity contribution is 0.281. The van der Waals surface area contributed by atoms with E-state index in [1.54, 1.807) is 24.9 Å². The summed E-state index contributed by atoms with van der Waals surface area (Å²) in [5.41, 5.74) is 1.89. The Morgan fingerprint density at radius 2 is 2.24 bits per heavy atom. The molecule has 0 aliphatic carbocycles. The number of hydrogen-bond acceptors (Lipinski definition) is 4. The van der Waals surface area contributed by atoms with Crippen LogP contribution in [0.1, 0.15) is 26.1 Å². The van der Waals surface area contributed by atoms with Crippen molar-refractivity contribution in [3.8, 4) is 0 Å². The Bertz CT molecular complexity index is 747. The number of rotatable bonds is 5. The first kappa shape index (κ1) is 15.0. The quantitative estimate of drug-likeness (QED) is 0.677. The van der Waals surface area contributed by atoms with Crippen LogP contribution in [0.4, 0.5) is 0 Å². The van der Waals surface area contributed by atoms with Crippen LogP contribution in [0.25, 0.3) is 11.0 Å². The highest BCUT2D eigenvalue weighted by atomic mass is 16.5. The van der Waals surface area contributed by atoms with E-state index in [0.717, 1.165) is 17.8 Å². The molecule has 0 fully saturated rings. The molecule has 2 heterocycles. The molecule has 0 bridgehead atoms. The van der Waals surface area contributed by atoms with Crippen LogP contribution in [0.5, 0.6) is 0 Å². The van der Waals surface area contributed by atoms with Gasteiger partial charge in [-0.15, -0.1) is 0 Å². The highest BCUT2D eigenvalue weighted by Crippen LogP contribution is 2.08. The van der Waals surface area contributed by atoms with Crippen molar-refractivity contribution < 1.29 is 4.74 Å². The number of aromatic amines is 1. The zero-order valence-electron chi connectivity index (χ0n) is 12.8. The minimum atomic E-state index is -0.203. The highest BCUT2D eigenvalue weighted by Gasteiger charge is 2.07. The van der Waals surface area contributed by atoms with Gasteiger partial charge in [-0.2, -0.15) is 5.10 Å². The van der Waals surface area contributed by atoms with Gasteiger partial charge in [0.1, 0.15) is 11.3 Å². The van der Waals surface area contributed by atoms with E-state index in [0.29, 0.717) is 23.4 Å². The van der Waals surface area contributed by atoms with Crippen molar-refractivity contribution in [3.05, 3.63) is 45.9 Å². The molecule has 112 valence electrons. The fourth-order valence-corrected chi connectivity index (χ4v) is 2.04. The lowest BCUT2D eigenvalue weighted by Gasteiger charge is -2.02. The summed E-state index contributed by atoms with van der Waals surface area (Å²) in [6, 6.07) is 0. The van der Waals surface area contributed by atoms with E-state index >= 15 is 0 Å². The van der Waals surface area contributed by atoms with Gasteiger partial charge in [0, 0.05) is 6.42 Å². The first-order chi connectivity index (χ1) is 10.0. The number of ether oxygens (including phenoxy) is 1. The zero-order valence-corrected chi connectivity index (χ0v) is 12.8. The smallest absolute Gasteiger partial charge is 0.279 e. The number of hydrogen-bond donors (Lipinski definition) is 1. The average Bonchev–Trinajstić information content (AvgIpc) is 2.82. The van der Waals surface area contributed by atoms with Gasteiger partial charge in [-0.25, -0.2) is 4.98 Å². The first-order valence-corrected chi connectivity index (χ1v) is 6.88. The Morgan fingerprint density at radius 1 is 1.48 bits per heavy atom. The topological polar surface area (TPSA) is 72.8 Å². The third-order valence-electron chi connectivity index (χ3n) is 3.12. The minimum absolute atomic E-state index is 0.203. The molecule has 2 aromatic heterocycles. The Kier molecular flexibility index (Phi) is 4.57. The fraction of sp³-hybridized carbons (Fsp3) is 0.400. The zero-order chi connectivity index (χ0) is 15.4. The van der Waals surface area contributed by atoms with Gasteiger partial charge in [0.05, 0.1) is 25.6 Å². The van der Waals surface area contributed by atoms with E-state index in [1.807, 2.05) is 26.0 Å². The minimum Gasteiger partial charge on any atom is -0.501 e. The summed E-state index contributed by atoms with van der Waals surface area (Å²) in [5.74, 6) is 1.52. The number of allylic oxidation sites excluding steroid dienone is 4. The maximum atomic E-state index is 11.8. The second-order valence-corrected chi connectivity index (χ2v) is 4.92. The van der Waals surface area contributed by atoms with E-state index in [2.05, 4.69) is 15.1 Å². The SMILES string of the molecule is CCC(=CC=C(C)Cn1cc2nc(C)[nH]c(=O)c2n1)OC. The summed E-state index contributed by atoms with van der Waals surface area (Å²) in [4.78, 5) is 18.7. The predicted molar refractivity (Wildman–Crippen MR) is 82.0 cm³/mol. The molecule has 0 aliphatic rings. The van der Waals surface area contributed by atoms with Crippen LogP contribution >= 0.6 is 0 Å². The molecule has 6 nitrogen and oxygen atoms in total. The molecule has 0 saturated carbocycles. The largest absolute Gasteiger partial charge is 0.501 e. The van der Waals surface area contributed by atoms with Gasteiger partial charge in [0.25, 0.3) is 5.56 Å². The van der Waals surface area contributed by atoms with Gasteiger partial charge in [0.15, 0.2) is 5.52 Å². The normalized spacial score (nSPS) is 13.0. The lowest BCUT2D eigenvalue weighted by Crippen LogP contribution is -2.09. The highest BCUT2D eigenvalue weighted by molar-refractivity contribution is 5.71. The number of H-pyrrole nitrogens is 1. The van der Waals surface area contributed by atoms with Crippen molar-refractivity contribution in [1.29, 1.82) is 0 Å². The van der Waals surface area contributed by atoms with Crippen LogP contribution in [-0.2, 0) is 11.3 Å². The molecule has 0 amide bonds. The van der Waals surface area contributed by atoms with E-state index in [-0.39, 0.29) is 5.56 Å². The number of methoxy groups -OCH3 is 1. The maximum absolute atomic E-state index is 11.8. The molecular weight excluding hydrogens is 268 g/mol. The molecule has 0 spiro atoms. The molecule has 0 aliphatic heterocycles. The third kappa shape index (κ3) is 3.59. The molecule has 21 heavy (non-hydrogen) atoms. The van der Waals surface area contributed by atoms with Crippen LogP contribution in [0.15, 0.2) is 34.5 Å². The van der Waals surface area contributed by atoms with E-state index in [1.165, 1.54) is 0 Å². The Labute approximate surface area is 123 Å². The van der Waals surface area contributed by atoms with Crippen molar-refractivity contribution in [2.24, 2.45) is 0 Å². The molecule has 2 aromatic rings. The Morgan fingerprint density at radius 3 is 2.90 bits per heavy atom. The second-order valence-electron chi connectivity index (χ2n) is 4.92. The summed E-state index contributed by atoms with van der Waals surface area (Å²) in [5, 5.41) is 4.28. The van der Waals surface area contributed by atoms with E-state index in [9.17, 15) is 4.79 Å². The molecule has 0 atom stereocenters. The van der Waals surface area contributed by atoms with Gasteiger partial charge in [-0.3, -0.25) is 9.48 Å². The fourth-order valence-electron chi connectivity index (χ4n) is 2.04. The standard InChI is InChI=1S/C15H20N4O2/c1-5-12(21-4)7-6-10(2)8-19-9-13-14(18-19)15(20)17-11(3)16-13/h6-7,9H,5,8H2,1-4H3,(H,16,17,20). The molecule has 2 rings (SSSR count). The van der Waals surface area contributed by atoms with E-state index < -0.39 is 0 Å². The van der Waals surface area contributed by atoms with Gasteiger partial charge >= 0.3 is 0 Å². The van der Waals surface area contributed by atoms with Crippen LogP contribution in [0.3, 0.4) is 0 Å². The molecule has 1 N–H and O–H groups in total. The molecule has 6 heteroatoms. The summed E-state index contributed by atoms with van der Waals surface area (Å²) in [7, 11) is 1.67. The molecule has 0 unspecified atom stereocenters. The predicted octanol–water partition coefficient (Wildman–Crippen LogP) is 2.31. The monoisotopic (exact) mass is 288 g/mol. The maximum Gasteiger partial charge on any atom is 0.279 e. The molecule has 0 radical (unpaired) electrons. The second kappa shape index (κ2) is 6.39. The summed E-state index contributed by atoms with van der Waals surface area (Å²) in [6.07, 6.45) is 6.59. The van der Waals surface area contributed by atoms with Crippen molar-refractivity contribution in [2.75, 3.05) is 7.11 Å². The molecule has 0 aromatic carbocycles. The Balaban J connectivity index is 2.24. The van der Waals surface area contributed by atoms with Crippen molar-refractivity contribution >= 4 is 11.0 Å². The molecular formula is C15H20N4O2. The lowest BCUT2D eigenvalue weighted by atomic mass is 10.2. The molecule has 0 saturated heterocycles. The average molecular weight is 288 g/mol. The number of fused-ring (bicyclic) bond motifs is 1. The third-order valence-corrected chi connectivity index (χ3v) is 3.12. The van der Waals surface area contributed by atoms with Crippen LogP contribution in [0.2, 0.25) is 0 Å². The van der Waals surface area contributed by atoms with Crippen molar-refractivity contribution in [1.82, 2.24) is 19.7 Å². The number of aromatic nitrogens is 4. The van der Waals surface area contributed by atoms with Gasteiger partial charge in [0.2, 0.25) is 0 Å². The summed E-state index contributed by atoms with van der Waals surface area (Å²) < 4.78 is 6.94. The summed E-state index contributed by atoms with van der Waals surface area (Å²) >= 11 is 0. The van der Waals surface area contributed by atoms with Crippen LogP contribution < -0.4 is 5.56 Å². The van der Waals surface area contributed by atoms with E-state index in [4.69, 9.17) is 4.74 Å². The van der Waals surface area contributed by atoms with Crippen molar-refractivity contribution in [3.63, 3.8) is 0 Å². The number of nitrogens with one attached hydrogen (secondary N) is 1.